The lowest BCUT2D eigenvalue weighted by Gasteiger charge is -2.18. The van der Waals surface area contributed by atoms with E-state index in [1.165, 1.54) is 12.8 Å². The van der Waals surface area contributed by atoms with E-state index in [1.54, 1.807) is 11.3 Å². The molecule has 0 bridgehead atoms. The van der Waals surface area contributed by atoms with Gasteiger partial charge in [-0.15, -0.1) is 17.8 Å². The van der Waals surface area contributed by atoms with Crippen molar-refractivity contribution in [1.29, 1.82) is 0 Å². The van der Waals surface area contributed by atoms with Gasteiger partial charge < -0.3 is 4.90 Å². The van der Waals surface area contributed by atoms with E-state index in [4.69, 9.17) is 6.42 Å². The van der Waals surface area contributed by atoms with Gasteiger partial charge in [-0.1, -0.05) is 24.1 Å². The van der Waals surface area contributed by atoms with Crippen molar-refractivity contribution in [2.75, 3.05) is 13.1 Å². The number of benzene rings is 1. The van der Waals surface area contributed by atoms with Crippen molar-refractivity contribution >= 4 is 27.3 Å². The van der Waals surface area contributed by atoms with Gasteiger partial charge in [0.15, 0.2) is 0 Å². The fourth-order valence-electron chi connectivity index (χ4n) is 2.18. The van der Waals surface area contributed by atoms with Crippen LogP contribution in [-0.4, -0.2) is 23.9 Å². The molecule has 1 aromatic heterocycles. The van der Waals surface area contributed by atoms with E-state index in [-0.39, 0.29) is 5.91 Å². The summed E-state index contributed by atoms with van der Waals surface area (Å²) >= 11 is 1.55. The Bertz CT molecular complexity index is 615. The SMILES string of the molecule is C#CCN(CC1CC1)C(=O)c1cc2ccccc2s1. The first-order chi connectivity index (χ1) is 9.28. The average molecular weight is 269 g/mol. The Labute approximate surface area is 117 Å². The third-order valence-electron chi connectivity index (χ3n) is 3.38. The molecule has 19 heavy (non-hydrogen) atoms. The number of carbonyl (C=O) groups excluding carboxylic acids is 1. The lowest BCUT2D eigenvalue weighted by Crippen LogP contribution is -2.32. The molecule has 2 aromatic rings. The van der Waals surface area contributed by atoms with E-state index in [0.717, 1.165) is 21.5 Å². The normalized spacial score (nSPS) is 14.3. The Morgan fingerprint density at radius 3 is 2.89 bits per heavy atom. The summed E-state index contributed by atoms with van der Waals surface area (Å²) in [5, 5.41) is 1.13. The van der Waals surface area contributed by atoms with Gasteiger partial charge in [-0.3, -0.25) is 4.79 Å². The molecule has 0 radical (unpaired) electrons. The third kappa shape index (κ3) is 2.64. The van der Waals surface area contributed by atoms with Crippen LogP contribution in [0, 0.1) is 18.3 Å². The number of fused-ring (bicyclic) bond motifs is 1. The molecule has 0 atom stereocenters. The van der Waals surface area contributed by atoms with Gasteiger partial charge in [0.1, 0.15) is 0 Å². The Kier molecular flexibility index (Phi) is 3.27. The Morgan fingerprint density at radius 2 is 2.21 bits per heavy atom. The number of hydrogen-bond donors (Lipinski definition) is 0. The van der Waals surface area contributed by atoms with Crippen LogP contribution < -0.4 is 0 Å². The summed E-state index contributed by atoms with van der Waals surface area (Å²) in [5.41, 5.74) is 0. The van der Waals surface area contributed by atoms with Gasteiger partial charge in [-0.25, -0.2) is 0 Å². The van der Waals surface area contributed by atoms with Crippen LogP contribution in [0.5, 0.6) is 0 Å². The van der Waals surface area contributed by atoms with Crippen LogP contribution >= 0.6 is 11.3 Å². The summed E-state index contributed by atoms with van der Waals surface area (Å²) in [6, 6.07) is 10.0. The number of nitrogens with zero attached hydrogens (tertiary/aromatic N) is 1. The smallest absolute Gasteiger partial charge is 0.264 e. The lowest BCUT2D eigenvalue weighted by atomic mass is 10.2. The van der Waals surface area contributed by atoms with E-state index in [1.807, 2.05) is 35.2 Å². The van der Waals surface area contributed by atoms with Crippen LogP contribution in [0.2, 0.25) is 0 Å². The highest BCUT2D eigenvalue weighted by atomic mass is 32.1. The number of thiophene rings is 1. The van der Waals surface area contributed by atoms with E-state index in [9.17, 15) is 4.79 Å². The predicted octanol–water partition coefficient (Wildman–Crippen LogP) is 3.39. The summed E-state index contributed by atoms with van der Waals surface area (Å²) in [7, 11) is 0. The first kappa shape index (κ1) is 12.3. The number of amides is 1. The van der Waals surface area contributed by atoms with Crippen molar-refractivity contribution < 1.29 is 4.79 Å². The minimum atomic E-state index is 0.0750. The second-order valence-corrected chi connectivity index (χ2v) is 6.07. The highest BCUT2D eigenvalue weighted by Gasteiger charge is 2.27. The second-order valence-electron chi connectivity index (χ2n) is 4.98. The summed E-state index contributed by atoms with van der Waals surface area (Å²) in [6.07, 6.45) is 7.82. The highest BCUT2D eigenvalue weighted by Crippen LogP contribution is 2.31. The maximum absolute atomic E-state index is 12.5. The molecule has 0 N–H and O–H groups in total. The molecule has 1 aromatic carbocycles. The average Bonchev–Trinajstić information content (AvgIpc) is 3.13. The zero-order valence-electron chi connectivity index (χ0n) is 10.6. The van der Waals surface area contributed by atoms with Gasteiger partial charge in [0.25, 0.3) is 5.91 Å². The maximum Gasteiger partial charge on any atom is 0.264 e. The van der Waals surface area contributed by atoms with Crippen LogP contribution in [0.25, 0.3) is 10.1 Å². The molecule has 96 valence electrons. The van der Waals surface area contributed by atoms with Gasteiger partial charge in [0.2, 0.25) is 0 Å². The topological polar surface area (TPSA) is 20.3 Å². The Hall–Kier alpha value is -1.79. The fraction of sp³-hybridized carbons (Fsp3) is 0.312. The van der Waals surface area contributed by atoms with Crippen LogP contribution in [0.15, 0.2) is 30.3 Å². The maximum atomic E-state index is 12.5. The molecule has 0 unspecified atom stereocenters. The Morgan fingerprint density at radius 1 is 1.42 bits per heavy atom. The number of hydrogen-bond acceptors (Lipinski definition) is 2. The summed E-state index contributed by atoms with van der Waals surface area (Å²) in [4.78, 5) is 15.1. The zero-order chi connectivity index (χ0) is 13.2. The van der Waals surface area contributed by atoms with E-state index < -0.39 is 0 Å². The van der Waals surface area contributed by atoms with Crippen LogP contribution in [-0.2, 0) is 0 Å². The minimum Gasteiger partial charge on any atom is -0.327 e. The van der Waals surface area contributed by atoms with Gasteiger partial charge in [-0.2, -0.15) is 0 Å². The molecule has 0 aliphatic heterocycles. The lowest BCUT2D eigenvalue weighted by molar-refractivity contribution is 0.0774. The predicted molar refractivity (Wildman–Crippen MR) is 79.3 cm³/mol. The van der Waals surface area contributed by atoms with E-state index >= 15 is 0 Å². The molecule has 1 aliphatic carbocycles. The molecule has 1 fully saturated rings. The van der Waals surface area contributed by atoms with Crippen molar-refractivity contribution in [1.82, 2.24) is 4.90 Å². The van der Waals surface area contributed by atoms with Crippen molar-refractivity contribution in [3.05, 3.63) is 35.2 Å². The van der Waals surface area contributed by atoms with Crippen LogP contribution in [0.3, 0.4) is 0 Å². The van der Waals surface area contributed by atoms with Gasteiger partial charge in [0, 0.05) is 11.2 Å². The molecule has 1 saturated carbocycles. The summed E-state index contributed by atoms with van der Waals surface area (Å²) in [5.74, 6) is 3.33. The first-order valence-corrected chi connectivity index (χ1v) is 7.31. The second kappa shape index (κ2) is 5.07. The summed E-state index contributed by atoms with van der Waals surface area (Å²) < 4.78 is 1.15. The molecule has 2 nitrogen and oxygen atoms in total. The molecule has 1 amide bonds. The monoisotopic (exact) mass is 269 g/mol. The van der Waals surface area contributed by atoms with Gasteiger partial charge in [-0.05, 0) is 36.3 Å². The molecular formula is C16H15NOS. The Balaban J connectivity index is 1.85. The standard InChI is InChI=1S/C16H15NOS/c1-2-9-17(11-12-7-8-12)16(18)15-10-13-5-3-4-6-14(13)19-15/h1,3-6,10,12H,7-9,11H2. The van der Waals surface area contributed by atoms with Crippen molar-refractivity contribution in [3.8, 4) is 12.3 Å². The third-order valence-corrected chi connectivity index (χ3v) is 4.49. The van der Waals surface area contributed by atoms with Crippen molar-refractivity contribution in [2.24, 2.45) is 5.92 Å². The van der Waals surface area contributed by atoms with Crippen molar-refractivity contribution in [3.63, 3.8) is 0 Å². The van der Waals surface area contributed by atoms with Crippen LogP contribution in [0.4, 0.5) is 0 Å². The molecule has 0 spiro atoms. The largest absolute Gasteiger partial charge is 0.327 e. The molecule has 3 rings (SSSR count). The first-order valence-electron chi connectivity index (χ1n) is 6.49. The quantitative estimate of drug-likeness (QED) is 0.779. The molecule has 3 heteroatoms. The molecule has 1 heterocycles. The van der Waals surface area contributed by atoms with E-state index in [0.29, 0.717) is 12.5 Å². The minimum absolute atomic E-state index is 0.0750. The molecule has 1 aliphatic rings. The highest BCUT2D eigenvalue weighted by molar-refractivity contribution is 7.20. The molecule has 0 saturated heterocycles. The molecular weight excluding hydrogens is 254 g/mol. The zero-order valence-corrected chi connectivity index (χ0v) is 11.5. The number of terminal acetylenes is 1. The fourth-order valence-corrected chi connectivity index (χ4v) is 3.22. The van der Waals surface area contributed by atoms with Crippen molar-refractivity contribution in [2.45, 2.75) is 12.8 Å². The van der Waals surface area contributed by atoms with Gasteiger partial charge in [0.05, 0.1) is 11.4 Å². The number of rotatable bonds is 4. The number of carbonyl (C=O) groups is 1. The summed E-state index contributed by atoms with van der Waals surface area (Å²) in [6.45, 7) is 1.21. The van der Waals surface area contributed by atoms with Gasteiger partial charge >= 0.3 is 0 Å². The van der Waals surface area contributed by atoms with E-state index in [2.05, 4.69) is 5.92 Å². The van der Waals surface area contributed by atoms with Crippen LogP contribution in [0.1, 0.15) is 22.5 Å².